The van der Waals surface area contributed by atoms with E-state index in [9.17, 15) is 0 Å². The van der Waals surface area contributed by atoms with Crippen LogP contribution in [0.2, 0.25) is 0 Å². The SMILES string of the molecule is CCCNc1ccnc(N)c1. The minimum absolute atomic E-state index is 0.561. The van der Waals surface area contributed by atoms with Gasteiger partial charge in [-0.25, -0.2) is 4.98 Å². The minimum atomic E-state index is 0.561. The number of anilines is 2. The highest BCUT2D eigenvalue weighted by molar-refractivity contribution is 5.49. The Morgan fingerprint density at radius 2 is 2.45 bits per heavy atom. The molecule has 0 aliphatic heterocycles. The van der Waals surface area contributed by atoms with Crippen LogP contribution in [0.1, 0.15) is 13.3 Å². The number of aromatic nitrogens is 1. The maximum Gasteiger partial charge on any atom is 0.125 e. The first kappa shape index (κ1) is 7.85. The fourth-order valence-corrected chi connectivity index (χ4v) is 0.828. The molecule has 11 heavy (non-hydrogen) atoms. The van der Waals surface area contributed by atoms with Gasteiger partial charge in [0.2, 0.25) is 0 Å². The van der Waals surface area contributed by atoms with Crippen LogP contribution in [0.4, 0.5) is 11.5 Å². The molecule has 0 bridgehead atoms. The van der Waals surface area contributed by atoms with Crippen LogP contribution in [0.15, 0.2) is 18.3 Å². The van der Waals surface area contributed by atoms with Gasteiger partial charge in [-0.2, -0.15) is 0 Å². The molecule has 3 N–H and O–H groups in total. The van der Waals surface area contributed by atoms with E-state index in [4.69, 9.17) is 5.73 Å². The van der Waals surface area contributed by atoms with E-state index < -0.39 is 0 Å². The Bertz CT molecular complexity index is 222. The summed E-state index contributed by atoms with van der Waals surface area (Å²) in [6.07, 6.45) is 2.82. The molecule has 0 saturated carbocycles. The fraction of sp³-hybridized carbons (Fsp3) is 0.375. The van der Waals surface area contributed by atoms with Gasteiger partial charge in [-0.15, -0.1) is 0 Å². The zero-order valence-corrected chi connectivity index (χ0v) is 6.67. The van der Waals surface area contributed by atoms with Gasteiger partial charge in [0.15, 0.2) is 0 Å². The Hall–Kier alpha value is -1.25. The van der Waals surface area contributed by atoms with Crippen LogP contribution in [0, 0.1) is 0 Å². The van der Waals surface area contributed by atoms with Crippen LogP contribution in [0.25, 0.3) is 0 Å². The molecule has 3 heteroatoms. The number of nitrogens with two attached hydrogens (primary N) is 1. The smallest absolute Gasteiger partial charge is 0.125 e. The van der Waals surface area contributed by atoms with Crippen molar-refractivity contribution in [1.82, 2.24) is 4.98 Å². The molecule has 0 aromatic carbocycles. The molecule has 0 unspecified atom stereocenters. The monoisotopic (exact) mass is 151 g/mol. The quantitative estimate of drug-likeness (QED) is 0.688. The van der Waals surface area contributed by atoms with Crippen molar-refractivity contribution in [3.8, 4) is 0 Å². The third-order valence-corrected chi connectivity index (χ3v) is 1.36. The van der Waals surface area contributed by atoms with Gasteiger partial charge in [0, 0.05) is 24.5 Å². The summed E-state index contributed by atoms with van der Waals surface area (Å²) in [6.45, 7) is 3.10. The summed E-state index contributed by atoms with van der Waals surface area (Å²) in [5.74, 6) is 0.561. The van der Waals surface area contributed by atoms with Gasteiger partial charge in [0.25, 0.3) is 0 Å². The first-order chi connectivity index (χ1) is 5.33. The molecule has 0 aliphatic carbocycles. The van der Waals surface area contributed by atoms with Gasteiger partial charge >= 0.3 is 0 Å². The predicted molar refractivity (Wildman–Crippen MR) is 47.4 cm³/mol. The van der Waals surface area contributed by atoms with Crippen molar-refractivity contribution < 1.29 is 0 Å². The molecule has 3 nitrogen and oxygen atoms in total. The summed E-state index contributed by atoms with van der Waals surface area (Å²) < 4.78 is 0. The van der Waals surface area contributed by atoms with E-state index in [-0.39, 0.29) is 0 Å². The van der Waals surface area contributed by atoms with Crippen LogP contribution >= 0.6 is 0 Å². The maximum atomic E-state index is 5.48. The highest BCUT2D eigenvalue weighted by Crippen LogP contribution is 2.07. The average Bonchev–Trinajstić information content (AvgIpc) is 2.01. The molecule has 0 atom stereocenters. The van der Waals surface area contributed by atoms with E-state index in [2.05, 4.69) is 17.2 Å². The second kappa shape index (κ2) is 3.81. The van der Waals surface area contributed by atoms with E-state index in [1.54, 1.807) is 6.20 Å². The standard InChI is InChI=1S/C8H13N3/c1-2-4-10-7-3-5-11-8(9)6-7/h3,5-6H,2,4H2,1H3,(H3,9,10,11). The molecule has 0 amide bonds. The summed E-state index contributed by atoms with van der Waals surface area (Å²) >= 11 is 0. The number of hydrogen-bond acceptors (Lipinski definition) is 3. The summed E-state index contributed by atoms with van der Waals surface area (Å²) in [7, 11) is 0. The largest absolute Gasteiger partial charge is 0.385 e. The maximum absolute atomic E-state index is 5.48. The fourth-order valence-electron chi connectivity index (χ4n) is 0.828. The zero-order chi connectivity index (χ0) is 8.10. The Morgan fingerprint density at radius 1 is 1.64 bits per heavy atom. The Kier molecular flexibility index (Phi) is 2.72. The predicted octanol–water partition coefficient (Wildman–Crippen LogP) is 1.49. The number of hydrogen-bond donors (Lipinski definition) is 2. The van der Waals surface area contributed by atoms with E-state index in [0.717, 1.165) is 18.7 Å². The molecule has 0 aliphatic rings. The number of pyridine rings is 1. The number of rotatable bonds is 3. The zero-order valence-electron chi connectivity index (χ0n) is 6.67. The molecule has 0 radical (unpaired) electrons. The number of nitrogen functional groups attached to an aromatic ring is 1. The minimum Gasteiger partial charge on any atom is -0.385 e. The van der Waals surface area contributed by atoms with Crippen molar-refractivity contribution in [1.29, 1.82) is 0 Å². The van der Waals surface area contributed by atoms with Crippen molar-refractivity contribution in [2.24, 2.45) is 0 Å². The van der Waals surface area contributed by atoms with E-state index in [0.29, 0.717) is 5.82 Å². The lowest BCUT2D eigenvalue weighted by Gasteiger charge is -2.03. The molecule has 1 aromatic rings. The second-order valence-corrected chi connectivity index (χ2v) is 2.40. The molecule has 0 saturated heterocycles. The van der Waals surface area contributed by atoms with Crippen molar-refractivity contribution >= 4 is 11.5 Å². The lowest BCUT2D eigenvalue weighted by Crippen LogP contribution is -2.00. The highest BCUT2D eigenvalue weighted by Gasteiger charge is 1.90. The van der Waals surface area contributed by atoms with Gasteiger partial charge < -0.3 is 11.1 Å². The summed E-state index contributed by atoms with van der Waals surface area (Å²) in [5.41, 5.74) is 6.52. The van der Waals surface area contributed by atoms with Crippen LogP contribution < -0.4 is 11.1 Å². The summed E-state index contributed by atoms with van der Waals surface area (Å²) in [4.78, 5) is 3.89. The van der Waals surface area contributed by atoms with Gasteiger partial charge in [-0.05, 0) is 12.5 Å². The first-order valence-corrected chi connectivity index (χ1v) is 3.78. The molecule has 60 valence electrons. The molecule has 1 heterocycles. The van der Waals surface area contributed by atoms with Crippen molar-refractivity contribution in [3.05, 3.63) is 18.3 Å². The van der Waals surface area contributed by atoms with Gasteiger partial charge in [-0.3, -0.25) is 0 Å². The van der Waals surface area contributed by atoms with Gasteiger partial charge in [0.1, 0.15) is 5.82 Å². The van der Waals surface area contributed by atoms with Crippen LogP contribution in [-0.2, 0) is 0 Å². The van der Waals surface area contributed by atoms with Crippen LogP contribution in [0.5, 0.6) is 0 Å². The number of nitrogens with zero attached hydrogens (tertiary/aromatic N) is 1. The topological polar surface area (TPSA) is 50.9 Å². The Labute approximate surface area is 66.6 Å². The van der Waals surface area contributed by atoms with Gasteiger partial charge in [-0.1, -0.05) is 6.92 Å². The molecule has 0 fully saturated rings. The van der Waals surface area contributed by atoms with E-state index in [1.807, 2.05) is 12.1 Å². The van der Waals surface area contributed by atoms with Gasteiger partial charge in [0.05, 0.1) is 0 Å². The molecular weight excluding hydrogens is 138 g/mol. The third kappa shape index (κ3) is 2.45. The lowest BCUT2D eigenvalue weighted by atomic mass is 10.3. The van der Waals surface area contributed by atoms with Crippen molar-refractivity contribution in [2.45, 2.75) is 13.3 Å². The Balaban J connectivity index is 2.56. The number of nitrogens with one attached hydrogen (secondary N) is 1. The van der Waals surface area contributed by atoms with Crippen LogP contribution in [-0.4, -0.2) is 11.5 Å². The summed E-state index contributed by atoms with van der Waals surface area (Å²) in [6, 6.07) is 3.74. The van der Waals surface area contributed by atoms with Crippen LogP contribution in [0.3, 0.4) is 0 Å². The summed E-state index contributed by atoms with van der Waals surface area (Å²) in [5, 5.41) is 3.22. The highest BCUT2D eigenvalue weighted by atomic mass is 14.9. The molecule has 1 rings (SSSR count). The molecule has 0 spiro atoms. The average molecular weight is 151 g/mol. The van der Waals surface area contributed by atoms with Crippen molar-refractivity contribution in [3.63, 3.8) is 0 Å². The molecule has 1 aromatic heterocycles. The Morgan fingerprint density at radius 3 is 3.09 bits per heavy atom. The normalized spacial score (nSPS) is 9.55. The van der Waals surface area contributed by atoms with E-state index in [1.165, 1.54) is 0 Å². The molecular formula is C8H13N3. The second-order valence-electron chi connectivity index (χ2n) is 2.40. The third-order valence-electron chi connectivity index (χ3n) is 1.36. The van der Waals surface area contributed by atoms with Crippen molar-refractivity contribution in [2.75, 3.05) is 17.6 Å². The lowest BCUT2D eigenvalue weighted by molar-refractivity contribution is 0.979. The first-order valence-electron chi connectivity index (χ1n) is 3.78. The van der Waals surface area contributed by atoms with E-state index >= 15 is 0 Å².